The van der Waals surface area contributed by atoms with Crippen molar-refractivity contribution in [2.75, 3.05) is 14.2 Å². The van der Waals surface area contributed by atoms with Gasteiger partial charge >= 0.3 is 11.9 Å². The normalized spacial score (nSPS) is 14.0. The molecule has 2 aromatic carbocycles. The number of nitrogens with zero attached hydrogens (tertiary/aromatic N) is 1. The van der Waals surface area contributed by atoms with Crippen molar-refractivity contribution in [2.24, 2.45) is 5.92 Å². The average Bonchev–Trinajstić information content (AvgIpc) is 3.53. The van der Waals surface area contributed by atoms with Crippen LogP contribution in [0.1, 0.15) is 41.1 Å². The summed E-state index contributed by atoms with van der Waals surface area (Å²) in [5.41, 5.74) is 0.957. The molecule has 1 aromatic heterocycles. The van der Waals surface area contributed by atoms with E-state index in [-0.39, 0.29) is 35.1 Å². The predicted molar refractivity (Wildman–Crippen MR) is 112 cm³/mol. The summed E-state index contributed by atoms with van der Waals surface area (Å²) in [6.07, 6.45) is 3.47. The molecule has 3 aromatic rings. The molecule has 0 saturated heterocycles. The number of ether oxygens (including phenoxy) is 3. The zero-order valence-corrected chi connectivity index (χ0v) is 17.7. The maximum atomic E-state index is 14.4. The second kappa shape index (κ2) is 9.21. The van der Waals surface area contributed by atoms with Crippen molar-refractivity contribution < 1.29 is 32.7 Å². The van der Waals surface area contributed by atoms with E-state index in [2.05, 4.69) is 5.16 Å². The van der Waals surface area contributed by atoms with Gasteiger partial charge < -0.3 is 18.7 Å². The van der Waals surface area contributed by atoms with Crippen LogP contribution >= 0.6 is 0 Å². The molecule has 1 fully saturated rings. The molecule has 1 saturated carbocycles. The van der Waals surface area contributed by atoms with Crippen LogP contribution in [0.15, 0.2) is 53.3 Å². The Morgan fingerprint density at radius 2 is 1.97 bits per heavy atom. The molecule has 8 heteroatoms. The number of aromatic nitrogens is 1. The van der Waals surface area contributed by atoms with Crippen LogP contribution < -0.4 is 9.47 Å². The van der Waals surface area contributed by atoms with Crippen LogP contribution in [0.4, 0.5) is 4.39 Å². The van der Waals surface area contributed by atoms with E-state index >= 15 is 0 Å². The molecule has 0 unspecified atom stereocenters. The molecule has 0 radical (unpaired) electrons. The molecule has 166 valence electrons. The fourth-order valence-corrected chi connectivity index (χ4v) is 3.68. The number of benzene rings is 2. The highest BCUT2D eigenvalue weighted by molar-refractivity contribution is 5.97. The lowest BCUT2D eigenvalue weighted by atomic mass is 9.91. The molecule has 7 nitrogen and oxygen atoms in total. The van der Waals surface area contributed by atoms with Gasteiger partial charge in [-0.15, -0.1) is 0 Å². The zero-order chi connectivity index (χ0) is 22.7. The molecular weight excluding hydrogens is 417 g/mol. The van der Waals surface area contributed by atoms with Crippen molar-refractivity contribution in [1.29, 1.82) is 0 Å². The minimum absolute atomic E-state index is 0.00173. The minimum Gasteiger partial charge on any atom is -0.497 e. The summed E-state index contributed by atoms with van der Waals surface area (Å²) < 4.78 is 34.8. The Kier molecular flexibility index (Phi) is 6.20. The van der Waals surface area contributed by atoms with Crippen molar-refractivity contribution in [3.05, 3.63) is 65.7 Å². The lowest BCUT2D eigenvalue weighted by Crippen LogP contribution is -2.12. The Labute approximate surface area is 184 Å². The first-order valence-electron chi connectivity index (χ1n) is 10.2. The highest BCUT2D eigenvalue weighted by atomic mass is 19.1. The van der Waals surface area contributed by atoms with Crippen LogP contribution in [0.5, 0.6) is 11.5 Å². The third-order valence-corrected chi connectivity index (χ3v) is 5.52. The van der Waals surface area contributed by atoms with Gasteiger partial charge in [0.05, 0.1) is 20.6 Å². The van der Waals surface area contributed by atoms with Gasteiger partial charge in [0.2, 0.25) is 0 Å². The first-order valence-corrected chi connectivity index (χ1v) is 10.2. The van der Waals surface area contributed by atoms with Gasteiger partial charge in [0.25, 0.3) is 0 Å². The third kappa shape index (κ3) is 4.64. The molecular formula is C24H22FNO6. The molecule has 1 heterocycles. The monoisotopic (exact) mass is 439 g/mol. The summed E-state index contributed by atoms with van der Waals surface area (Å²) in [5.74, 6) is -0.477. The highest BCUT2D eigenvalue weighted by Gasteiger charge is 2.34. The van der Waals surface area contributed by atoms with E-state index in [1.165, 1.54) is 32.4 Å². The van der Waals surface area contributed by atoms with Crippen LogP contribution in [-0.4, -0.2) is 31.3 Å². The molecule has 1 atom stereocenters. The Balaban J connectivity index is 1.57. The van der Waals surface area contributed by atoms with Crippen molar-refractivity contribution in [2.45, 2.75) is 25.2 Å². The Morgan fingerprint density at radius 3 is 2.69 bits per heavy atom. The quantitative estimate of drug-likeness (QED) is 0.369. The summed E-state index contributed by atoms with van der Waals surface area (Å²) >= 11 is 0. The number of carbonyl (C=O) groups excluding carboxylic acids is 2. The van der Waals surface area contributed by atoms with Crippen molar-refractivity contribution in [3.63, 3.8) is 0 Å². The molecule has 0 amide bonds. The second-order valence-corrected chi connectivity index (χ2v) is 7.61. The van der Waals surface area contributed by atoms with Crippen LogP contribution in [0.2, 0.25) is 0 Å². The molecule has 4 rings (SSSR count). The molecule has 0 aliphatic heterocycles. The van der Waals surface area contributed by atoms with E-state index in [4.69, 9.17) is 18.7 Å². The number of carbonyl (C=O) groups is 2. The molecule has 0 spiro atoms. The molecule has 1 aliphatic rings. The maximum Gasteiger partial charge on any atom is 0.349 e. The number of hydrogen-bond donors (Lipinski definition) is 0. The van der Waals surface area contributed by atoms with Gasteiger partial charge in [0.15, 0.2) is 0 Å². The number of rotatable bonds is 8. The minimum atomic E-state index is -0.739. The Bertz CT molecular complexity index is 1140. The van der Waals surface area contributed by atoms with Crippen LogP contribution in [0.25, 0.3) is 11.3 Å². The van der Waals surface area contributed by atoms with Crippen LogP contribution in [0.3, 0.4) is 0 Å². The predicted octanol–water partition coefficient (Wildman–Crippen LogP) is 4.77. The highest BCUT2D eigenvalue weighted by Crippen LogP contribution is 2.45. The number of esters is 2. The topological polar surface area (TPSA) is 87.9 Å². The van der Waals surface area contributed by atoms with Crippen LogP contribution in [-0.2, 0) is 9.53 Å². The number of hydrogen-bond acceptors (Lipinski definition) is 7. The summed E-state index contributed by atoms with van der Waals surface area (Å²) in [6.45, 7) is 0. The summed E-state index contributed by atoms with van der Waals surface area (Å²) in [4.78, 5) is 24.7. The molecule has 0 bridgehead atoms. The number of methoxy groups -OCH3 is 2. The third-order valence-electron chi connectivity index (χ3n) is 5.52. The van der Waals surface area contributed by atoms with E-state index in [0.29, 0.717) is 17.4 Å². The first kappa shape index (κ1) is 21.5. The van der Waals surface area contributed by atoms with Crippen molar-refractivity contribution >= 4 is 11.9 Å². The van der Waals surface area contributed by atoms with Gasteiger partial charge in [-0.1, -0.05) is 17.3 Å². The van der Waals surface area contributed by atoms with Gasteiger partial charge in [0, 0.05) is 5.56 Å². The largest absolute Gasteiger partial charge is 0.497 e. The molecule has 0 N–H and O–H groups in total. The summed E-state index contributed by atoms with van der Waals surface area (Å²) in [5, 5.41) is 3.78. The lowest BCUT2D eigenvalue weighted by molar-refractivity contribution is -0.141. The fraction of sp³-hybridized carbons (Fsp3) is 0.292. The summed E-state index contributed by atoms with van der Waals surface area (Å²) in [7, 11) is 2.82. The van der Waals surface area contributed by atoms with Gasteiger partial charge in [-0.3, -0.25) is 4.79 Å². The van der Waals surface area contributed by atoms with E-state index in [0.717, 1.165) is 24.7 Å². The Morgan fingerprint density at radius 1 is 1.16 bits per heavy atom. The standard InChI is InChI=1S/C24H22FNO6/c1-29-16-8-9-21(25)19(11-16)23-20(13-31-26-23)24(28)32-17-5-3-4-15(10-17)18(14-6-7-14)12-22(27)30-2/h3-5,8-11,13-14,18H,6-7,12H2,1-2H3/t18-/m0/s1. The van der Waals surface area contributed by atoms with Gasteiger partial charge in [0.1, 0.15) is 34.8 Å². The van der Waals surface area contributed by atoms with E-state index < -0.39 is 11.8 Å². The smallest absolute Gasteiger partial charge is 0.349 e. The van der Waals surface area contributed by atoms with E-state index in [1.807, 2.05) is 6.07 Å². The lowest BCUT2D eigenvalue weighted by Gasteiger charge is -2.16. The van der Waals surface area contributed by atoms with Crippen molar-refractivity contribution in [1.82, 2.24) is 5.16 Å². The molecule has 32 heavy (non-hydrogen) atoms. The average molecular weight is 439 g/mol. The second-order valence-electron chi connectivity index (χ2n) is 7.61. The van der Waals surface area contributed by atoms with Gasteiger partial charge in [-0.05, 0) is 60.6 Å². The fourth-order valence-electron chi connectivity index (χ4n) is 3.68. The van der Waals surface area contributed by atoms with Crippen molar-refractivity contribution in [3.8, 4) is 22.8 Å². The van der Waals surface area contributed by atoms with Crippen LogP contribution in [0, 0.1) is 11.7 Å². The SMILES string of the molecule is COC(=O)C[C@H](c1cccc(OC(=O)c2conc2-c2cc(OC)ccc2F)c1)C1CC1. The van der Waals surface area contributed by atoms with Gasteiger partial charge in [-0.25, -0.2) is 9.18 Å². The zero-order valence-electron chi connectivity index (χ0n) is 17.7. The Hall–Kier alpha value is -3.68. The van der Waals surface area contributed by atoms with Gasteiger partial charge in [-0.2, -0.15) is 0 Å². The summed E-state index contributed by atoms with van der Waals surface area (Å²) in [6, 6.07) is 11.2. The maximum absolute atomic E-state index is 14.4. The first-order chi connectivity index (χ1) is 15.5. The van der Waals surface area contributed by atoms with E-state index in [9.17, 15) is 14.0 Å². The van der Waals surface area contributed by atoms with E-state index in [1.54, 1.807) is 18.2 Å². The molecule has 1 aliphatic carbocycles. The number of halogens is 1.